The van der Waals surface area contributed by atoms with E-state index in [1.165, 1.54) is 35.4 Å². The highest BCUT2D eigenvalue weighted by atomic mass is 19.1. The molecule has 0 atom stereocenters. The number of halogens is 1. The molecule has 0 saturated heterocycles. The number of aryl methyl sites for hydroxylation is 2. The number of carbonyl (C=O) groups excluding carboxylic acids is 1. The Morgan fingerprint density at radius 3 is 2.47 bits per heavy atom. The Labute approximate surface area is 188 Å². The summed E-state index contributed by atoms with van der Waals surface area (Å²) in [5.74, 6) is 0.599. The van der Waals surface area contributed by atoms with Gasteiger partial charge in [0.2, 0.25) is 0 Å². The minimum absolute atomic E-state index is 0.162. The van der Waals surface area contributed by atoms with Crippen molar-refractivity contribution >= 4 is 16.9 Å². The van der Waals surface area contributed by atoms with Gasteiger partial charge in [0, 0.05) is 25.1 Å². The molecule has 0 aliphatic rings. The summed E-state index contributed by atoms with van der Waals surface area (Å²) in [6.45, 7) is 3.52. The largest absolute Gasteiger partial charge is 0.352 e. The average molecular weight is 430 g/mol. The highest BCUT2D eigenvalue weighted by Crippen LogP contribution is 2.20. The van der Waals surface area contributed by atoms with Gasteiger partial charge in [-0.25, -0.2) is 9.37 Å². The number of imidazole rings is 1. The molecule has 4 aromatic rings. The maximum Gasteiger partial charge on any atom is 0.251 e. The predicted octanol–water partition coefficient (Wildman–Crippen LogP) is 5.67. The fourth-order valence-electron chi connectivity index (χ4n) is 3.86. The second kappa shape index (κ2) is 10.2. The van der Waals surface area contributed by atoms with Crippen molar-refractivity contribution < 1.29 is 9.18 Å². The summed E-state index contributed by atoms with van der Waals surface area (Å²) in [7, 11) is 0. The van der Waals surface area contributed by atoms with Crippen LogP contribution in [0.2, 0.25) is 0 Å². The number of hydrogen-bond donors (Lipinski definition) is 1. The molecule has 3 aromatic carbocycles. The average Bonchev–Trinajstić information content (AvgIpc) is 3.15. The number of fused-ring (bicyclic) bond motifs is 1. The number of nitrogens with one attached hydrogen (secondary N) is 1. The summed E-state index contributed by atoms with van der Waals surface area (Å²) < 4.78 is 15.3. The lowest BCUT2D eigenvalue weighted by atomic mass is 10.1. The second-order valence-corrected chi connectivity index (χ2v) is 8.16. The molecule has 1 aromatic heterocycles. The molecule has 0 fully saturated rings. The molecule has 1 amide bonds. The first kappa shape index (κ1) is 21.8. The van der Waals surface area contributed by atoms with Crippen LogP contribution >= 0.6 is 0 Å². The summed E-state index contributed by atoms with van der Waals surface area (Å²) in [5.41, 5.74) is 5.20. The molecule has 0 unspecified atom stereocenters. The van der Waals surface area contributed by atoms with Gasteiger partial charge in [0.1, 0.15) is 11.6 Å². The van der Waals surface area contributed by atoms with Crippen LogP contribution in [-0.2, 0) is 13.0 Å². The molecule has 4 rings (SSSR count). The van der Waals surface area contributed by atoms with Crippen molar-refractivity contribution in [3.05, 3.63) is 101 Å². The molecular formula is C27H28FN3O. The number of carbonyl (C=O) groups is 1. The lowest BCUT2D eigenvalue weighted by Crippen LogP contribution is -2.24. The quantitative estimate of drug-likeness (QED) is 0.348. The monoisotopic (exact) mass is 429 g/mol. The first-order valence-electron chi connectivity index (χ1n) is 11.1. The van der Waals surface area contributed by atoms with Crippen molar-refractivity contribution in [2.45, 2.75) is 39.2 Å². The van der Waals surface area contributed by atoms with Crippen molar-refractivity contribution in [1.29, 1.82) is 0 Å². The Hall–Kier alpha value is -3.47. The third-order valence-corrected chi connectivity index (χ3v) is 5.66. The maximum absolute atomic E-state index is 13.0. The van der Waals surface area contributed by atoms with Crippen molar-refractivity contribution in [3.63, 3.8) is 0 Å². The van der Waals surface area contributed by atoms with Crippen LogP contribution in [0, 0.1) is 12.7 Å². The molecule has 1 N–H and O–H groups in total. The Balaban J connectivity index is 1.31. The molecule has 0 bridgehead atoms. The highest BCUT2D eigenvalue weighted by Gasteiger charge is 2.11. The zero-order valence-corrected chi connectivity index (χ0v) is 18.4. The molecule has 0 spiro atoms. The normalized spacial score (nSPS) is 11.1. The van der Waals surface area contributed by atoms with E-state index in [-0.39, 0.29) is 11.7 Å². The van der Waals surface area contributed by atoms with E-state index in [0.717, 1.165) is 49.1 Å². The van der Waals surface area contributed by atoms with Crippen LogP contribution in [0.15, 0.2) is 72.8 Å². The lowest BCUT2D eigenvalue weighted by molar-refractivity contribution is 0.0953. The number of hydrogen-bond acceptors (Lipinski definition) is 2. The van der Waals surface area contributed by atoms with Crippen molar-refractivity contribution in [2.24, 2.45) is 0 Å². The van der Waals surface area contributed by atoms with E-state index in [1.54, 1.807) is 0 Å². The molecule has 1 heterocycles. The summed E-state index contributed by atoms with van der Waals surface area (Å²) in [5, 5.41) is 2.90. The SMILES string of the molecule is Cc1ccc(Cn2c(CCCCCNC(=O)c3ccc(F)cc3)nc3ccccc32)cc1. The topological polar surface area (TPSA) is 46.9 Å². The van der Waals surface area contributed by atoms with Gasteiger partial charge in [0.25, 0.3) is 5.91 Å². The number of nitrogens with zero attached hydrogens (tertiary/aromatic N) is 2. The number of rotatable bonds is 9. The zero-order valence-electron chi connectivity index (χ0n) is 18.4. The molecule has 0 aliphatic carbocycles. The van der Waals surface area contributed by atoms with Gasteiger partial charge in [0.05, 0.1) is 11.0 Å². The molecule has 32 heavy (non-hydrogen) atoms. The fourth-order valence-corrected chi connectivity index (χ4v) is 3.86. The van der Waals surface area contributed by atoms with E-state index in [4.69, 9.17) is 4.98 Å². The number of amides is 1. The van der Waals surface area contributed by atoms with Crippen molar-refractivity contribution in [2.75, 3.05) is 6.54 Å². The van der Waals surface area contributed by atoms with Gasteiger partial charge in [-0.05, 0) is 61.7 Å². The first-order chi connectivity index (χ1) is 15.6. The minimum Gasteiger partial charge on any atom is -0.352 e. The minimum atomic E-state index is -0.338. The number of benzene rings is 3. The van der Waals surface area contributed by atoms with Crippen molar-refractivity contribution in [1.82, 2.24) is 14.9 Å². The van der Waals surface area contributed by atoms with Gasteiger partial charge in [-0.15, -0.1) is 0 Å². The Morgan fingerprint density at radius 2 is 1.69 bits per heavy atom. The first-order valence-corrected chi connectivity index (χ1v) is 11.1. The third kappa shape index (κ3) is 5.41. The predicted molar refractivity (Wildman–Crippen MR) is 126 cm³/mol. The number of aromatic nitrogens is 2. The van der Waals surface area contributed by atoms with Gasteiger partial charge in [0.15, 0.2) is 0 Å². The van der Waals surface area contributed by atoms with Gasteiger partial charge >= 0.3 is 0 Å². The smallest absolute Gasteiger partial charge is 0.251 e. The van der Waals surface area contributed by atoms with Crippen LogP contribution in [-0.4, -0.2) is 22.0 Å². The second-order valence-electron chi connectivity index (χ2n) is 8.16. The van der Waals surface area contributed by atoms with Crippen LogP contribution in [0.25, 0.3) is 11.0 Å². The van der Waals surface area contributed by atoms with E-state index < -0.39 is 0 Å². The van der Waals surface area contributed by atoms with Gasteiger partial charge in [-0.2, -0.15) is 0 Å². The van der Waals surface area contributed by atoms with Gasteiger partial charge in [-0.1, -0.05) is 48.4 Å². The molecule has 5 heteroatoms. The summed E-state index contributed by atoms with van der Waals surface area (Å²) in [4.78, 5) is 17.0. The molecule has 0 aliphatic heterocycles. The van der Waals surface area contributed by atoms with Gasteiger partial charge in [-0.3, -0.25) is 4.79 Å². The van der Waals surface area contributed by atoms with E-state index in [1.807, 2.05) is 6.07 Å². The highest BCUT2D eigenvalue weighted by molar-refractivity contribution is 5.94. The van der Waals surface area contributed by atoms with Crippen LogP contribution < -0.4 is 5.32 Å². The van der Waals surface area contributed by atoms with E-state index >= 15 is 0 Å². The number of para-hydroxylation sites is 2. The summed E-state index contributed by atoms with van der Waals surface area (Å²) >= 11 is 0. The number of unbranched alkanes of at least 4 members (excludes halogenated alkanes) is 2. The lowest BCUT2D eigenvalue weighted by Gasteiger charge is -2.10. The van der Waals surface area contributed by atoms with E-state index in [2.05, 4.69) is 59.3 Å². The Kier molecular flexibility index (Phi) is 6.95. The summed E-state index contributed by atoms with van der Waals surface area (Å²) in [6, 6.07) is 22.5. The molecule has 4 nitrogen and oxygen atoms in total. The van der Waals surface area contributed by atoms with Crippen LogP contribution in [0.3, 0.4) is 0 Å². The van der Waals surface area contributed by atoms with Crippen LogP contribution in [0.1, 0.15) is 46.6 Å². The fraction of sp³-hybridized carbons (Fsp3) is 0.259. The van der Waals surface area contributed by atoms with Crippen LogP contribution in [0.5, 0.6) is 0 Å². The zero-order chi connectivity index (χ0) is 22.3. The standard InChI is InChI=1S/C27H28FN3O/c1-20-10-12-21(13-11-20)19-31-25-8-5-4-7-24(25)30-26(31)9-3-2-6-18-29-27(32)22-14-16-23(28)17-15-22/h4-5,7-8,10-17H,2-3,6,9,18-19H2,1H3,(H,29,32). The van der Waals surface area contributed by atoms with Gasteiger partial charge < -0.3 is 9.88 Å². The van der Waals surface area contributed by atoms with Crippen molar-refractivity contribution in [3.8, 4) is 0 Å². The van der Waals surface area contributed by atoms with E-state index in [0.29, 0.717) is 12.1 Å². The molecular weight excluding hydrogens is 401 g/mol. The molecule has 0 radical (unpaired) electrons. The molecule has 0 saturated carbocycles. The third-order valence-electron chi connectivity index (χ3n) is 5.66. The Morgan fingerprint density at radius 1 is 0.938 bits per heavy atom. The summed E-state index contributed by atoms with van der Waals surface area (Å²) in [6.07, 6.45) is 3.79. The maximum atomic E-state index is 13.0. The Bertz CT molecular complexity index is 1180. The van der Waals surface area contributed by atoms with E-state index in [9.17, 15) is 9.18 Å². The van der Waals surface area contributed by atoms with Crippen LogP contribution in [0.4, 0.5) is 4.39 Å². The molecule has 164 valence electrons.